The third kappa shape index (κ3) is 5.34. The Kier molecular flexibility index (Phi) is 5.66. The lowest BCUT2D eigenvalue weighted by molar-refractivity contribution is -0.146. The number of nitrogens with two attached hydrogens (primary N) is 2. The van der Waals surface area contributed by atoms with E-state index < -0.39 is 5.97 Å². The molecular formula is C13H15N5O3S2. The summed E-state index contributed by atoms with van der Waals surface area (Å²) in [7, 11) is 0. The van der Waals surface area contributed by atoms with E-state index in [4.69, 9.17) is 11.5 Å². The van der Waals surface area contributed by atoms with Crippen molar-refractivity contribution >= 4 is 45.6 Å². The molecule has 0 bridgehead atoms. The highest BCUT2D eigenvalue weighted by molar-refractivity contribution is 7.15. The fourth-order valence-corrected chi connectivity index (χ4v) is 3.22. The maximum Gasteiger partial charge on any atom is 0.303 e. The van der Waals surface area contributed by atoms with Crippen molar-refractivity contribution in [2.75, 3.05) is 6.61 Å². The van der Waals surface area contributed by atoms with Gasteiger partial charge in [0.15, 0.2) is 12.6 Å². The van der Waals surface area contributed by atoms with Crippen LogP contribution in [0.4, 0.5) is 5.13 Å². The molecule has 2 rings (SSSR count). The number of hydrogen-bond donors (Lipinski definition) is 3. The number of esters is 1. The van der Waals surface area contributed by atoms with Crippen LogP contribution in [0.5, 0.6) is 0 Å². The van der Waals surface area contributed by atoms with Crippen LogP contribution >= 0.6 is 22.7 Å². The van der Waals surface area contributed by atoms with Crippen molar-refractivity contribution in [2.45, 2.75) is 13.5 Å². The zero-order valence-electron chi connectivity index (χ0n) is 12.2. The molecule has 0 spiro atoms. The summed E-state index contributed by atoms with van der Waals surface area (Å²) in [4.78, 5) is 31.2. The van der Waals surface area contributed by atoms with Crippen LogP contribution in [0.3, 0.4) is 0 Å². The second kappa shape index (κ2) is 7.70. The first kappa shape index (κ1) is 16.9. The number of amides is 1. The Morgan fingerprint density at radius 3 is 2.83 bits per heavy atom. The van der Waals surface area contributed by atoms with Crippen LogP contribution < -0.4 is 16.8 Å². The third-order valence-corrected chi connectivity index (χ3v) is 4.26. The molecule has 0 saturated carbocycles. The third-order valence-electron chi connectivity index (χ3n) is 2.52. The zero-order chi connectivity index (χ0) is 16.8. The average Bonchev–Trinajstić information content (AvgIpc) is 3.11. The van der Waals surface area contributed by atoms with Crippen molar-refractivity contribution in [1.29, 1.82) is 0 Å². The van der Waals surface area contributed by atoms with Gasteiger partial charge in [0, 0.05) is 18.8 Å². The van der Waals surface area contributed by atoms with E-state index in [0.29, 0.717) is 11.7 Å². The van der Waals surface area contributed by atoms with Gasteiger partial charge in [0.05, 0.1) is 10.6 Å². The van der Waals surface area contributed by atoms with Gasteiger partial charge in [-0.15, -0.1) is 22.7 Å². The van der Waals surface area contributed by atoms with E-state index in [1.165, 1.54) is 29.6 Å². The molecular weight excluding hydrogens is 338 g/mol. The standard InChI is InChI=1S/C13H15N5O3S2/c1-7(19)21-4-11(20)16-3-8-2-10(22-5-8)9-6-23-13(17-9)18-12(14)15/h2,5-6H,3-4H2,1H3,(H,16,20)(H4,14,15,17,18). The van der Waals surface area contributed by atoms with E-state index in [1.54, 1.807) is 0 Å². The molecule has 0 fully saturated rings. The van der Waals surface area contributed by atoms with Gasteiger partial charge in [0.1, 0.15) is 0 Å². The fraction of sp³-hybridized carbons (Fsp3) is 0.231. The molecule has 0 aliphatic rings. The van der Waals surface area contributed by atoms with Crippen molar-refractivity contribution in [2.24, 2.45) is 16.5 Å². The van der Waals surface area contributed by atoms with Gasteiger partial charge in [-0.25, -0.2) is 4.98 Å². The molecule has 0 aliphatic carbocycles. The number of nitrogens with one attached hydrogen (secondary N) is 1. The second-order valence-electron chi connectivity index (χ2n) is 4.43. The van der Waals surface area contributed by atoms with Crippen LogP contribution in [0.15, 0.2) is 21.8 Å². The van der Waals surface area contributed by atoms with Gasteiger partial charge in [0.2, 0.25) is 5.13 Å². The lowest BCUT2D eigenvalue weighted by atomic mass is 10.3. The summed E-state index contributed by atoms with van der Waals surface area (Å²) in [6, 6.07) is 1.92. The Balaban J connectivity index is 1.93. The molecule has 10 heteroatoms. The average molecular weight is 353 g/mol. The fourth-order valence-electron chi connectivity index (χ4n) is 1.56. The number of aromatic nitrogens is 1. The van der Waals surface area contributed by atoms with E-state index >= 15 is 0 Å². The molecule has 5 N–H and O–H groups in total. The molecule has 0 radical (unpaired) electrons. The highest BCUT2D eigenvalue weighted by Crippen LogP contribution is 2.31. The summed E-state index contributed by atoms with van der Waals surface area (Å²) in [5.74, 6) is -0.872. The quantitative estimate of drug-likeness (QED) is 0.402. The highest BCUT2D eigenvalue weighted by atomic mass is 32.1. The number of guanidine groups is 1. The van der Waals surface area contributed by atoms with Crippen molar-refractivity contribution < 1.29 is 14.3 Å². The van der Waals surface area contributed by atoms with Gasteiger partial charge < -0.3 is 21.5 Å². The molecule has 0 atom stereocenters. The SMILES string of the molecule is CC(=O)OCC(=O)NCc1csc(-c2csc(N=C(N)N)n2)c1. The van der Waals surface area contributed by atoms with Crippen LogP contribution in [-0.2, 0) is 20.9 Å². The van der Waals surface area contributed by atoms with Crippen molar-refractivity contribution in [3.05, 3.63) is 22.4 Å². The number of hydrogen-bond acceptors (Lipinski definition) is 7. The van der Waals surface area contributed by atoms with Crippen LogP contribution in [0, 0.1) is 0 Å². The molecule has 122 valence electrons. The Bertz CT molecular complexity index is 734. The van der Waals surface area contributed by atoms with E-state index in [1.807, 2.05) is 16.8 Å². The maximum atomic E-state index is 11.5. The molecule has 0 saturated heterocycles. The Morgan fingerprint density at radius 2 is 2.13 bits per heavy atom. The second-order valence-corrected chi connectivity index (χ2v) is 6.18. The summed E-state index contributed by atoms with van der Waals surface area (Å²) in [6.07, 6.45) is 0. The van der Waals surface area contributed by atoms with Gasteiger partial charge in [0.25, 0.3) is 5.91 Å². The summed E-state index contributed by atoms with van der Waals surface area (Å²) in [6.45, 7) is 1.32. The Labute approximate surface area is 140 Å². The largest absolute Gasteiger partial charge is 0.456 e. The minimum atomic E-state index is -0.488. The van der Waals surface area contributed by atoms with Crippen LogP contribution in [0.1, 0.15) is 12.5 Å². The normalized spacial score (nSPS) is 10.1. The molecule has 0 aromatic carbocycles. The summed E-state index contributed by atoms with van der Waals surface area (Å²) >= 11 is 2.84. The van der Waals surface area contributed by atoms with E-state index in [9.17, 15) is 9.59 Å². The number of aliphatic imine (C=N–C) groups is 1. The molecule has 2 aromatic rings. The number of ether oxygens (including phenoxy) is 1. The van der Waals surface area contributed by atoms with Crippen LogP contribution in [0.25, 0.3) is 10.6 Å². The van der Waals surface area contributed by atoms with Crippen molar-refractivity contribution in [3.63, 3.8) is 0 Å². The molecule has 2 heterocycles. The van der Waals surface area contributed by atoms with Crippen LogP contribution in [-0.4, -0.2) is 29.4 Å². The molecule has 1 amide bonds. The minimum absolute atomic E-state index is 0.0340. The zero-order valence-corrected chi connectivity index (χ0v) is 13.9. The predicted octanol–water partition coefficient (Wildman–Crippen LogP) is 0.956. The first-order valence-corrected chi connectivity index (χ1v) is 8.23. The highest BCUT2D eigenvalue weighted by Gasteiger charge is 2.09. The summed E-state index contributed by atoms with van der Waals surface area (Å²) in [5.41, 5.74) is 12.3. The Hall–Kier alpha value is -2.46. The Morgan fingerprint density at radius 1 is 1.35 bits per heavy atom. The minimum Gasteiger partial charge on any atom is -0.456 e. The number of carbonyl (C=O) groups excluding carboxylic acids is 2. The van der Waals surface area contributed by atoms with Gasteiger partial charge in [-0.2, -0.15) is 4.99 Å². The molecule has 2 aromatic heterocycles. The molecule has 0 unspecified atom stereocenters. The van der Waals surface area contributed by atoms with E-state index in [-0.39, 0.29) is 18.5 Å². The molecule has 23 heavy (non-hydrogen) atoms. The van der Waals surface area contributed by atoms with Crippen molar-refractivity contribution in [3.8, 4) is 10.6 Å². The van der Waals surface area contributed by atoms with Crippen molar-refractivity contribution in [1.82, 2.24) is 10.3 Å². The number of thiazole rings is 1. The first-order valence-electron chi connectivity index (χ1n) is 6.47. The number of nitrogens with zero attached hydrogens (tertiary/aromatic N) is 2. The van der Waals surface area contributed by atoms with Gasteiger partial charge in [-0.3, -0.25) is 9.59 Å². The topological polar surface area (TPSA) is 133 Å². The lowest BCUT2D eigenvalue weighted by Crippen LogP contribution is -2.27. The first-order chi connectivity index (χ1) is 10.9. The number of thiophene rings is 1. The molecule has 8 nitrogen and oxygen atoms in total. The molecule has 0 aliphatic heterocycles. The number of carbonyl (C=O) groups is 2. The smallest absolute Gasteiger partial charge is 0.303 e. The summed E-state index contributed by atoms with van der Waals surface area (Å²) < 4.78 is 4.61. The van der Waals surface area contributed by atoms with Gasteiger partial charge >= 0.3 is 5.97 Å². The van der Waals surface area contributed by atoms with Crippen LogP contribution in [0.2, 0.25) is 0 Å². The number of rotatable bonds is 6. The van der Waals surface area contributed by atoms with Gasteiger partial charge in [-0.1, -0.05) is 0 Å². The van der Waals surface area contributed by atoms with Gasteiger partial charge in [-0.05, 0) is 17.0 Å². The summed E-state index contributed by atoms with van der Waals surface area (Å²) in [5, 5.41) is 6.93. The van der Waals surface area contributed by atoms with E-state index in [2.05, 4.69) is 20.0 Å². The maximum absolute atomic E-state index is 11.5. The van der Waals surface area contributed by atoms with E-state index in [0.717, 1.165) is 16.1 Å². The predicted molar refractivity (Wildman–Crippen MR) is 89.4 cm³/mol. The monoisotopic (exact) mass is 353 g/mol. The lowest BCUT2D eigenvalue weighted by Gasteiger charge is -2.03.